The normalized spacial score (nSPS) is 21.5. The van der Waals surface area contributed by atoms with Gasteiger partial charge in [-0.05, 0) is 19.8 Å². The van der Waals surface area contributed by atoms with Crippen molar-refractivity contribution in [2.45, 2.75) is 31.4 Å². The Morgan fingerprint density at radius 1 is 1.54 bits per heavy atom. The van der Waals surface area contributed by atoms with Crippen molar-refractivity contribution in [2.75, 3.05) is 26.4 Å². The van der Waals surface area contributed by atoms with Gasteiger partial charge in [-0.15, -0.1) is 0 Å². The Balaban J connectivity index is 2.04. The van der Waals surface area contributed by atoms with E-state index in [0.29, 0.717) is 19.8 Å². The molecular weight excluding hydrogens is 170 g/mol. The van der Waals surface area contributed by atoms with E-state index in [2.05, 4.69) is 5.32 Å². The zero-order chi connectivity index (χ0) is 9.73. The molecule has 1 atom stereocenters. The molecule has 4 heteroatoms. The molecule has 4 nitrogen and oxygen atoms in total. The minimum absolute atomic E-state index is 0.0901. The predicted octanol–water partition coefficient (Wildman–Crippen LogP) is -0.502. The van der Waals surface area contributed by atoms with Gasteiger partial charge >= 0.3 is 0 Å². The predicted molar refractivity (Wildman–Crippen MR) is 49.6 cm³/mol. The Labute approximate surface area is 78.9 Å². The van der Waals surface area contributed by atoms with Crippen molar-refractivity contribution in [3.05, 3.63) is 0 Å². The van der Waals surface area contributed by atoms with E-state index in [-0.39, 0.29) is 12.1 Å². The Morgan fingerprint density at radius 2 is 2.23 bits per heavy atom. The van der Waals surface area contributed by atoms with Crippen LogP contribution in [0.5, 0.6) is 0 Å². The molecule has 1 rings (SSSR count). The van der Waals surface area contributed by atoms with Gasteiger partial charge in [-0.1, -0.05) is 0 Å². The Hall–Kier alpha value is -0.160. The first kappa shape index (κ1) is 10.9. The van der Waals surface area contributed by atoms with Crippen LogP contribution in [0.4, 0.5) is 0 Å². The SMILES string of the molecule is CCOCC(O)CNC1(CO)CC1. The lowest BCUT2D eigenvalue weighted by atomic mass is 10.2. The van der Waals surface area contributed by atoms with E-state index in [1.807, 2.05) is 6.92 Å². The monoisotopic (exact) mass is 189 g/mol. The van der Waals surface area contributed by atoms with E-state index in [4.69, 9.17) is 9.84 Å². The van der Waals surface area contributed by atoms with Crippen molar-refractivity contribution in [3.8, 4) is 0 Å². The second-order valence-corrected chi connectivity index (χ2v) is 3.63. The number of β-amino-alcohol motifs (C(OH)–C–C–N with tert-alkyl or cyclic N) is 1. The lowest BCUT2D eigenvalue weighted by Gasteiger charge is -2.17. The minimum atomic E-state index is -0.469. The van der Waals surface area contributed by atoms with E-state index in [1.54, 1.807) is 0 Å². The topological polar surface area (TPSA) is 61.7 Å². The third-order valence-corrected chi connectivity index (χ3v) is 2.38. The number of nitrogens with one attached hydrogen (secondary N) is 1. The maximum atomic E-state index is 9.40. The molecule has 0 aliphatic heterocycles. The highest BCUT2D eigenvalue weighted by molar-refractivity contribution is 5.01. The van der Waals surface area contributed by atoms with Crippen LogP contribution in [0.25, 0.3) is 0 Å². The molecule has 0 heterocycles. The van der Waals surface area contributed by atoms with Crippen molar-refractivity contribution in [1.82, 2.24) is 5.32 Å². The molecule has 0 amide bonds. The fourth-order valence-electron chi connectivity index (χ4n) is 1.19. The third-order valence-electron chi connectivity index (χ3n) is 2.38. The van der Waals surface area contributed by atoms with Crippen LogP contribution in [0.1, 0.15) is 19.8 Å². The summed E-state index contributed by atoms with van der Waals surface area (Å²) in [4.78, 5) is 0. The molecule has 0 radical (unpaired) electrons. The highest BCUT2D eigenvalue weighted by Gasteiger charge is 2.41. The van der Waals surface area contributed by atoms with Gasteiger partial charge in [0.15, 0.2) is 0 Å². The van der Waals surface area contributed by atoms with Gasteiger partial charge in [-0.2, -0.15) is 0 Å². The molecule has 1 aliphatic carbocycles. The summed E-state index contributed by atoms with van der Waals surface area (Å²) in [6.45, 7) is 3.55. The first-order chi connectivity index (χ1) is 6.22. The summed E-state index contributed by atoms with van der Waals surface area (Å²) in [5, 5.41) is 21.5. The molecule has 0 aromatic heterocycles. The average molecular weight is 189 g/mol. The van der Waals surface area contributed by atoms with Crippen molar-refractivity contribution in [3.63, 3.8) is 0 Å². The lowest BCUT2D eigenvalue weighted by molar-refractivity contribution is 0.0393. The first-order valence-corrected chi connectivity index (χ1v) is 4.84. The zero-order valence-corrected chi connectivity index (χ0v) is 8.12. The lowest BCUT2D eigenvalue weighted by Crippen LogP contribution is -2.41. The molecule has 1 unspecified atom stereocenters. The summed E-state index contributed by atoms with van der Waals surface area (Å²) in [5.74, 6) is 0. The van der Waals surface area contributed by atoms with Crippen LogP contribution in [-0.2, 0) is 4.74 Å². The first-order valence-electron chi connectivity index (χ1n) is 4.84. The van der Waals surface area contributed by atoms with Crippen LogP contribution >= 0.6 is 0 Å². The van der Waals surface area contributed by atoms with E-state index >= 15 is 0 Å². The van der Waals surface area contributed by atoms with Gasteiger partial charge in [0.05, 0.1) is 19.3 Å². The van der Waals surface area contributed by atoms with Crippen LogP contribution in [-0.4, -0.2) is 48.2 Å². The third kappa shape index (κ3) is 3.60. The maximum absolute atomic E-state index is 9.40. The molecule has 0 spiro atoms. The van der Waals surface area contributed by atoms with Crippen molar-refractivity contribution in [1.29, 1.82) is 0 Å². The van der Waals surface area contributed by atoms with E-state index in [9.17, 15) is 5.11 Å². The zero-order valence-electron chi connectivity index (χ0n) is 8.12. The summed E-state index contributed by atoms with van der Waals surface area (Å²) < 4.78 is 5.06. The van der Waals surface area contributed by atoms with E-state index in [1.165, 1.54) is 0 Å². The largest absolute Gasteiger partial charge is 0.394 e. The maximum Gasteiger partial charge on any atom is 0.0897 e. The molecule has 1 aliphatic rings. The molecule has 78 valence electrons. The second-order valence-electron chi connectivity index (χ2n) is 3.63. The summed E-state index contributed by atoms with van der Waals surface area (Å²) in [6, 6.07) is 0. The van der Waals surface area contributed by atoms with E-state index in [0.717, 1.165) is 12.8 Å². The quantitative estimate of drug-likeness (QED) is 0.505. The fraction of sp³-hybridized carbons (Fsp3) is 1.00. The molecule has 13 heavy (non-hydrogen) atoms. The molecule has 3 N–H and O–H groups in total. The summed E-state index contributed by atoms with van der Waals surface area (Å²) >= 11 is 0. The number of hydrogen-bond acceptors (Lipinski definition) is 4. The van der Waals surface area contributed by atoms with Gasteiger partial charge in [0, 0.05) is 18.7 Å². The molecule has 0 saturated heterocycles. The summed E-state index contributed by atoms with van der Waals surface area (Å²) in [6.07, 6.45) is 1.54. The molecule has 0 bridgehead atoms. The van der Waals surface area contributed by atoms with Gasteiger partial charge in [-0.3, -0.25) is 0 Å². The number of rotatable bonds is 7. The van der Waals surface area contributed by atoms with Gasteiger partial charge in [0.1, 0.15) is 0 Å². The highest BCUT2D eigenvalue weighted by Crippen LogP contribution is 2.34. The Kier molecular flexibility index (Phi) is 4.12. The number of aliphatic hydroxyl groups is 2. The molecular formula is C9H19NO3. The van der Waals surface area contributed by atoms with Gasteiger partial charge < -0.3 is 20.3 Å². The molecule has 1 fully saturated rings. The Morgan fingerprint density at radius 3 is 2.69 bits per heavy atom. The Bertz CT molecular complexity index is 148. The smallest absolute Gasteiger partial charge is 0.0897 e. The molecule has 0 aromatic carbocycles. The highest BCUT2D eigenvalue weighted by atomic mass is 16.5. The molecule has 1 saturated carbocycles. The van der Waals surface area contributed by atoms with Crippen LogP contribution in [0, 0.1) is 0 Å². The van der Waals surface area contributed by atoms with Crippen molar-refractivity contribution < 1.29 is 14.9 Å². The van der Waals surface area contributed by atoms with Gasteiger partial charge in [0.25, 0.3) is 0 Å². The number of hydrogen-bond donors (Lipinski definition) is 3. The van der Waals surface area contributed by atoms with Crippen LogP contribution in [0.15, 0.2) is 0 Å². The second kappa shape index (κ2) is 4.91. The van der Waals surface area contributed by atoms with E-state index < -0.39 is 6.10 Å². The van der Waals surface area contributed by atoms with Gasteiger partial charge in [0.2, 0.25) is 0 Å². The van der Waals surface area contributed by atoms with Crippen molar-refractivity contribution >= 4 is 0 Å². The number of ether oxygens (including phenoxy) is 1. The van der Waals surface area contributed by atoms with Gasteiger partial charge in [-0.25, -0.2) is 0 Å². The van der Waals surface area contributed by atoms with Crippen LogP contribution < -0.4 is 5.32 Å². The number of aliphatic hydroxyl groups excluding tert-OH is 2. The van der Waals surface area contributed by atoms with Crippen LogP contribution in [0.2, 0.25) is 0 Å². The summed E-state index contributed by atoms with van der Waals surface area (Å²) in [7, 11) is 0. The minimum Gasteiger partial charge on any atom is -0.394 e. The average Bonchev–Trinajstić information content (AvgIpc) is 2.92. The summed E-state index contributed by atoms with van der Waals surface area (Å²) in [5.41, 5.74) is -0.0901. The van der Waals surface area contributed by atoms with Crippen molar-refractivity contribution in [2.24, 2.45) is 0 Å². The fourth-order valence-corrected chi connectivity index (χ4v) is 1.19. The van der Waals surface area contributed by atoms with Crippen LogP contribution in [0.3, 0.4) is 0 Å². The molecule has 0 aromatic rings. The standard InChI is InChI=1S/C9H19NO3/c1-2-13-6-8(12)5-10-9(7-11)3-4-9/h8,10-12H,2-7H2,1H3.